The van der Waals surface area contributed by atoms with Crippen molar-refractivity contribution < 1.29 is 24.0 Å². The largest absolute Gasteiger partial charge is 0.488 e. The number of ether oxygens (including phenoxy) is 1. The van der Waals surface area contributed by atoms with Gasteiger partial charge in [-0.15, -0.1) is 0 Å². The molecule has 1 aliphatic heterocycles. The van der Waals surface area contributed by atoms with Crippen LogP contribution in [0.3, 0.4) is 0 Å². The van der Waals surface area contributed by atoms with Gasteiger partial charge in [-0.1, -0.05) is 41.3 Å². The summed E-state index contributed by atoms with van der Waals surface area (Å²) in [6, 6.07) is 10.00. The van der Waals surface area contributed by atoms with Crippen molar-refractivity contribution in [3.8, 4) is 5.75 Å². The third-order valence-electron chi connectivity index (χ3n) is 7.37. The molecule has 2 heterocycles. The second kappa shape index (κ2) is 13.8. The van der Waals surface area contributed by atoms with Gasteiger partial charge in [0.25, 0.3) is 0 Å². The Morgan fingerprint density at radius 1 is 1.19 bits per heavy atom. The molecule has 0 unspecified atom stereocenters. The van der Waals surface area contributed by atoms with E-state index >= 15 is 0 Å². The van der Waals surface area contributed by atoms with Crippen LogP contribution in [-0.4, -0.2) is 70.9 Å². The number of nitrogens with one attached hydrogen (secondary N) is 2. The number of urea groups is 1. The quantitative estimate of drug-likeness (QED) is 0.304. The van der Waals surface area contributed by atoms with E-state index < -0.39 is 6.03 Å². The maximum atomic E-state index is 13.5. The summed E-state index contributed by atoms with van der Waals surface area (Å²) in [5.74, 6) is 0.885. The second-order valence-corrected chi connectivity index (χ2v) is 11.7. The molecule has 3 aromatic rings. The first kappa shape index (κ1) is 31.6. The summed E-state index contributed by atoms with van der Waals surface area (Å²) in [7, 11) is 2.00. The van der Waals surface area contributed by atoms with E-state index in [-0.39, 0.29) is 37.0 Å². The maximum Gasteiger partial charge on any atom is 0.323 e. The van der Waals surface area contributed by atoms with Crippen molar-refractivity contribution in [2.24, 2.45) is 5.92 Å². The van der Waals surface area contributed by atoms with Crippen LogP contribution in [0.2, 0.25) is 10.0 Å². The number of anilines is 2. The van der Waals surface area contributed by atoms with E-state index in [0.717, 1.165) is 5.56 Å². The van der Waals surface area contributed by atoms with E-state index in [2.05, 4.69) is 20.7 Å². The molecule has 3 atom stereocenters. The standard InChI is InChI=1S/C30H37Cl2N5O5/c1-17-13-37(18(2)16-38)28(39)12-22-11-23(33-30(40)34-29-19(3)35-42-20(29)4)7-9-26(22)41-27(17)15-36(5)14-21-6-8-24(31)25(32)10-21/h6-11,17-18,27,38H,12-16H2,1-5H3,(H2,33,34,40)/t17-,18-,27-/m0/s1. The van der Waals surface area contributed by atoms with Crippen molar-refractivity contribution in [2.75, 3.05) is 37.4 Å². The fourth-order valence-electron chi connectivity index (χ4n) is 4.98. The van der Waals surface area contributed by atoms with Gasteiger partial charge in [0.1, 0.15) is 23.2 Å². The average molecular weight is 619 g/mol. The molecule has 0 saturated carbocycles. The summed E-state index contributed by atoms with van der Waals surface area (Å²) in [5.41, 5.74) is 3.22. The van der Waals surface area contributed by atoms with Gasteiger partial charge in [-0.3, -0.25) is 9.69 Å². The zero-order valence-electron chi connectivity index (χ0n) is 24.4. The number of fused-ring (bicyclic) bond motifs is 1. The van der Waals surface area contributed by atoms with Gasteiger partial charge in [0.2, 0.25) is 5.91 Å². The van der Waals surface area contributed by atoms with Crippen LogP contribution in [0.5, 0.6) is 5.75 Å². The van der Waals surface area contributed by atoms with Crippen LogP contribution >= 0.6 is 23.2 Å². The average Bonchev–Trinajstić information content (AvgIpc) is 3.27. The number of aliphatic hydroxyl groups excluding tert-OH is 1. The lowest BCUT2D eigenvalue weighted by Crippen LogP contribution is -2.47. The predicted octanol–water partition coefficient (Wildman–Crippen LogP) is 5.52. The number of hydrogen-bond acceptors (Lipinski definition) is 7. The number of benzene rings is 2. The normalized spacial score (nSPS) is 18.0. The molecule has 42 heavy (non-hydrogen) atoms. The van der Waals surface area contributed by atoms with Gasteiger partial charge >= 0.3 is 6.03 Å². The van der Waals surface area contributed by atoms with Crippen molar-refractivity contribution in [3.63, 3.8) is 0 Å². The van der Waals surface area contributed by atoms with Gasteiger partial charge in [0, 0.05) is 36.8 Å². The summed E-state index contributed by atoms with van der Waals surface area (Å²) in [5, 5.41) is 20.3. The van der Waals surface area contributed by atoms with Crippen molar-refractivity contribution in [1.29, 1.82) is 0 Å². The summed E-state index contributed by atoms with van der Waals surface area (Å²) in [6.07, 6.45) is -0.225. The highest BCUT2D eigenvalue weighted by Crippen LogP contribution is 2.30. The molecule has 4 rings (SSSR count). The Bertz CT molecular complexity index is 1410. The number of aliphatic hydroxyl groups is 1. The minimum absolute atomic E-state index is 0.0521. The zero-order chi connectivity index (χ0) is 30.6. The molecular formula is C30H37Cl2N5O5. The molecule has 0 fully saturated rings. The molecule has 12 heteroatoms. The molecule has 1 aliphatic rings. The van der Waals surface area contributed by atoms with Crippen molar-refractivity contribution in [3.05, 3.63) is 69.0 Å². The van der Waals surface area contributed by atoms with Crippen LogP contribution in [0.15, 0.2) is 40.9 Å². The smallest absolute Gasteiger partial charge is 0.323 e. The van der Waals surface area contributed by atoms with Crippen molar-refractivity contribution in [1.82, 2.24) is 15.0 Å². The maximum absolute atomic E-state index is 13.5. The van der Waals surface area contributed by atoms with E-state index in [1.807, 2.05) is 33.0 Å². The number of halogens is 2. The van der Waals surface area contributed by atoms with Gasteiger partial charge in [-0.05, 0) is 63.7 Å². The predicted molar refractivity (Wildman–Crippen MR) is 163 cm³/mol. The summed E-state index contributed by atoms with van der Waals surface area (Å²) >= 11 is 12.3. The molecule has 3 N–H and O–H groups in total. The first-order valence-electron chi connectivity index (χ1n) is 13.8. The number of carbonyl (C=O) groups is 2. The highest BCUT2D eigenvalue weighted by molar-refractivity contribution is 6.42. The van der Waals surface area contributed by atoms with Gasteiger partial charge in [0.05, 0.1) is 29.1 Å². The van der Waals surface area contributed by atoms with Gasteiger partial charge in [0.15, 0.2) is 5.76 Å². The lowest BCUT2D eigenvalue weighted by Gasteiger charge is -2.34. The monoisotopic (exact) mass is 617 g/mol. The number of rotatable bonds is 8. The number of carbonyl (C=O) groups excluding carboxylic acids is 2. The lowest BCUT2D eigenvalue weighted by molar-refractivity contribution is -0.134. The Balaban J connectivity index is 1.57. The number of nitrogens with zero attached hydrogens (tertiary/aromatic N) is 3. The van der Waals surface area contributed by atoms with Crippen LogP contribution in [0.4, 0.5) is 16.2 Å². The fourth-order valence-corrected chi connectivity index (χ4v) is 5.30. The Hall–Kier alpha value is -3.31. The van der Waals surface area contributed by atoms with E-state index in [1.54, 1.807) is 43.0 Å². The van der Waals surface area contributed by atoms with Gasteiger partial charge < -0.3 is 29.9 Å². The molecule has 0 spiro atoms. The van der Waals surface area contributed by atoms with E-state index in [9.17, 15) is 14.7 Å². The SMILES string of the molecule is Cc1noc(C)c1NC(=O)Nc1ccc2c(c1)CC(=O)N([C@@H](C)CO)C[C@H](C)[C@H](CN(C)Cc1ccc(Cl)c(Cl)c1)O2. The van der Waals surface area contributed by atoms with E-state index in [1.165, 1.54) is 0 Å². The highest BCUT2D eigenvalue weighted by Gasteiger charge is 2.31. The Morgan fingerprint density at radius 2 is 1.95 bits per heavy atom. The summed E-state index contributed by atoms with van der Waals surface area (Å²) < 4.78 is 11.7. The van der Waals surface area contributed by atoms with Crippen LogP contribution < -0.4 is 15.4 Å². The minimum atomic E-state index is -0.467. The molecule has 226 valence electrons. The van der Waals surface area contributed by atoms with E-state index in [0.29, 0.717) is 63.8 Å². The molecule has 0 saturated heterocycles. The minimum Gasteiger partial charge on any atom is -0.488 e. The van der Waals surface area contributed by atoms with Crippen LogP contribution in [0, 0.1) is 19.8 Å². The number of likely N-dealkylation sites (N-methyl/N-ethyl adjacent to an activating group) is 1. The second-order valence-electron chi connectivity index (χ2n) is 10.9. The lowest BCUT2D eigenvalue weighted by atomic mass is 10.0. The van der Waals surface area contributed by atoms with Crippen LogP contribution in [0.25, 0.3) is 0 Å². The Kier molecular flexibility index (Phi) is 10.4. The van der Waals surface area contributed by atoms with Gasteiger partial charge in [-0.25, -0.2) is 4.79 Å². The molecule has 10 nitrogen and oxygen atoms in total. The van der Waals surface area contributed by atoms with Crippen molar-refractivity contribution >= 4 is 46.5 Å². The Morgan fingerprint density at radius 3 is 2.62 bits per heavy atom. The molecule has 0 aliphatic carbocycles. The third kappa shape index (κ3) is 7.74. The first-order chi connectivity index (χ1) is 19.9. The molecule has 1 aromatic heterocycles. The first-order valence-corrected chi connectivity index (χ1v) is 14.5. The molecular weight excluding hydrogens is 581 g/mol. The number of aromatic nitrogens is 1. The van der Waals surface area contributed by atoms with Crippen LogP contribution in [0.1, 0.15) is 36.4 Å². The topological polar surface area (TPSA) is 120 Å². The molecule has 0 radical (unpaired) electrons. The third-order valence-corrected chi connectivity index (χ3v) is 8.11. The number of amides is 3. The summed E-state index contributed by atoms with van der Waals surface area (Å²) in [4.78, 5) is 30.1. The fraction of sp³-hybridized carbons (Fsp3) is 0.433. The zero-order valence-corrected chi connectivity index (χ0v) is 25.9. The van der Waals surface area contributed by atoms with E-state index in [4.69, 9.17) is 32.5 Å². The molecule has 2 aromatic carbocycles. The number of aryl methyl sites for hydroxylation is 2. The Labute approximate surface area is 255 Å². The summed E-state index contributed by atoms with van der Waals surface area (Å²) in [6.45, 7) is 8.77. The molecule has 0 bridgehead atoms. The van der Waals surface area contributed by atoms with Crippen LogP contribution in [-0.2, 0) is 17.8 Å². The van der Waals surface area contributed by atoms with Crippen molar-refractivity contribution in [2.45, 2.75) is 52.8 Å². The number of hydrogen-bond donors (Lipinski definition) is 3. The van der Waals surface area contributed by atoms with Gasteiger partial charge in [-0.2, -0.15) is 0 Å². The highest BCUT2D eigenvalue weighted by atomic mass is 35.5. The molecule has 3 amide bonds.